The van der Waals surface area contributed by atoms with Crippen molar-refractivity contribution in [2.75, 3.05) is 7.11 Å². The molecule has 110 valence electrons. The monoisotopic (exact) mass is 297 g/mol. The number of hydrogen-bond donors (Lipinski definition) is 0. The standard InChI is InChI=1S/C17H12FNO3/c1-21-14-7-5-12(6-8-14)17-19-16(20)15(22-17)10-11-3-2-4-13(18)9-11/h2-10H,1H3. The summed E-state index contributed by atoms with van der Waals surface area (Å²) in [7, 11) is 1.57. The summed E-state index contributed by atoms with van der Waals surface area (Å²) < 4.78 is 23.7. The Bertz CT molecular complexity index is 779. The van der Waals surface area contributed by atoms with Crippen molar-refractivity contribution < 1.29 is 18.7 Å². The quantitative estimate of drug-likeness (QED) is 0.818. The van der Waals surface area contributed by atoms with Crippen molar-refractivity contribution in [3.63, 3.8) is 0 Å². The van der Waals surface area contributed by atoms with Crippen molar-refractivity contribution in [1.82, 2.24) is 0 Å². The molecule has 1 aliphatic rings. The van der Waals surface area contributed by atoms with Gasteiger partial charge in [-0.2, -0.15) is 4.99 Å². The molecule has 0 spiro atoms. The molecule has 1 heterocycles. The lowest BCUT2D eigenvalue weighted by molar-refractivity contribution is -0.115. The van der Waals surface area contributed by atoms with E-state index in [2.05, 4.69) is 4.99 Å². The first-order chi connectivity index (χ1) is 10.7. The number of aliphatic imine (C=N–C) groups is 1. The minimum Gasteiger partial charge on any atom is -0.497 e. The fourth-order valence-corrected chi connectivity index (χ4v) is 2.01. The van der Waals surface area contributed by atoms with Crippen molar-refractivity contribution in [3.05, 3.63) is 71.2 Å². The van der Waals surface area contributed by atoms with Crippen LogP contribution in [-0.2, 0) is 9.53 Å². The molecule has 0 N–H and O–H groups in total. The third-order valence-electron chi connectivity index (χ3n) is 3.10. The van der Waals surface area contributed by atoms with E-state index in [1.54, 1.807) is 43.5 Å². The molecule has 0 bridgehead atoms. The Kier molecular flexibility index (Phi) is 3.70. The molecule has 0 saturated carbocycles. The van der Waals surface area contributed by atoms with E-state index in [-0.39, 0.29) is 17.5 Å². The third-order valence-corrected chi connectivity index (χ3v) is 3.10. The normalized spacial score (nSPS) is 15.6. The van der Waals surface area contributed by atoms with E-state index in [0.717, 1.165) is 0 Å². The Hall–Kier alpha value is -2.95. The van der Waals surface area contributed by atoms with Gasteiger partial charge in [-0.25, -0.2) is 4.39 Å². The van der Waals surface area contributed by atoms with Gasteiger partial charge in [-0.3, -0.25) is 4.79 Å². The van der Waals surface area contributed by atoms with Crippen LogP contribution in [0.3, 0.4) is 0 Å². The SMILES string of the molecule is COc1ccc(C2=NC(=O)C(=Cc3cccc(F)c3)O2)cc1. The summed E-state index contributed by atoms with van der Waals surface area (Å²) in [5.41, 5.74) is 1.20. The van der Waals surface area contributed by atoms with Crippen LogP contribution < -0.4 is 4.74 Å². The Morgan fingerprint density at radius 2 is 1.95 bits per heavy atom. The van der Waals surface area contributed by atoms with E-state index < -0.39 is 5.91 Å². The van der Waals surface area contributed by atoms with Crippen LogP contribution in [0, 0.1) is 5.82 Å². The Morgan fingerprint density at radius 1 is 1.18 bits per heavy atom. The van der Waals surface area contributed by atoms with Gasteiger partial charge in [0.2, 0.25) is 5.90 Å². The minimum atomic E-state index is -0.491. The van der Waals surface area contributed by atoms with Gasteiger partial charge in [0.1, 0.15) is 11.6 Å². The molecule has 0 fully saturated rings. The minimum absolute atomic E-state index is 0.0661. The Labute approximate surface area is 126 Å². The van der Waals surface area contributed by atoms with Crippen molar-refractivity contribution in [1.29, 1.82) is 0 Å². The van der Waals surface area contributed by atoms with Gasteiger partial charge in [-0.05, 0) is 48.0 Å². The predicted octanol–water partition coefficient (Wildman–Crippen LogP) is 3.18. The molecule has 0 aromatic heterocycles. The topological polar surface area (TPSA) is 47.9 Å². The maximum atomic E-state index is 13.2. The molecular formula is C17H12FNO3. The van der Waals surface area contributed by atoms with E-state index in [1.807, 2.05) is 0 Å². The molecular weight excluding hydrogens is 285 g/mol. The van der Waals surface area contributed by atoms with E-state index >= 15 is 0 Å². The van der Waals surface area contributed by atoms with Gasteiger partial charge in [0.05, 0.1) is 7.11 Å². The van der Waals surface area contributed by atoms with Crippen molar-refractivity contribution in [2.24, 2.45) is 4.99 Å². The Balaban J connectivity index is 1.83. The van der Waals surface area contributed by atoms with Crippen molar-refractivity contribution >= 4 is 17.9 Å². The van der Waals surface area contributed by atoms with Crippen LogP contribution in [-0.4, -0.2) is 18.9 Å². The maximum Gasteiger partial charge on any atom is 0.316 e. The van der Waals surface area contributed by atoms with Gasteiger partial charge < -0.3 is 9.47 Å². The van der Waals surface area contributed by atoms with E-state index in [1.165, 1.54) is 18.2 Å². The molecule has 3 rings (SSSR count). The number of benzene rings is 2. The number of hydrogen-bond acceptors (Lipinski definition) is 3. The first-order valence-electron chi connectivity index (χ1n) is 6.58. The van der Waals surface area contributed by atoms with E-state index in [0.29, 0.717) is 16.9 Å². The molecule has 2 aromatic carbocycles. The molecule has 1 aliphatic heterocycles. The lowest BCUT2D eigenvalue weighted by atomic mass is 10.2. The second kappa shape index (κ2) is 5.81. The van der Waals surface area contributed by atoms with Crippen LogP contribution >= 0.6 is 0 Å². The number of carbonyl (C=O) groups excluding carboxylic acids is 1. The smallest absolute Gasteiger partial charge is 0.316 e. The van der Waals surface area contributed by atoms with Crippen LogP contribution in [0.1, 0.15) is 11.1 Å². The number of rotatable bonds is 3. The van der Waals surface area contributed by atoms with Gasteiger partial charge in [0, 0.05) is 5.56 Å². The number of carbonyl (C=O) groups is 1. The van der Waals surface area contributed by atoms with Gasteiger partial charge in [-0.15, -0.1) is 0 Å². The molecule has 5 heteroatoms. The lowest BCUT2D eigenvalue weighted by Gasteiger charge is -2.03. The highest BCUT2D eigenvalue weighted by atomic mass is 19.1. The van der Waals surface area contributed by atoms with Crippen molar-refractivity contribution in [3.8, 4) is 5.75 Å². The van der Waals surface area contributed by atoms with Crippen LogP contribution in [0.2, 0.25) is 0 Å². The fourth-order valence-electron chi connectivity index (χ4n) is 2.01. The van der Waals surface area contributed by atoms with Crippen LogP contribution in [0.4, 0.5) is 4.39 Å². The van der Waals surface area contributed by atoms with Crippen LogP contribution in [0.5, 0.6) is 5.75 Å². The highest BCUT2D eigenvalue weighted by molar-refractivity contribution is 6.14. The zero-order valence-electron chi connectivity index (χ0n) is 11.7. The second-order valence-corrected chi connectivity index (χ2v) is 4.62. The summed E-state index contributed by atoms with van der Waals surface area (Å²) in [6.07, 6.45) is 1.46. The first kappa shape index (κ1) is 14.0. The van der Waals surface area contributed by atoms with Crippen LogP contribution in [0.25, 0.3) is 6.08 Å². The molecule has 0 unspecified atom stereocenters. The molecule has 1 amide bonds. The molecule has 0 aliphatic carbocycles. The van der Waals surface area contributed by atoms with Gasteiger partial charge >= 0.3 is 5.91 Å². The predicted molar refractivity (Wildman–Crippen MR) is 80.0 cm³/mol. The second-order valence-electron chi connectivity index (χ2n) is 4.62. The highest BCUT2D eigenvalue weighted by Crippen LogP contribution is 2.21. The fraction of sp³-hybridized carbons (Fsp3) is 0.0588. The summed E-state index contributed by atoms with van der Waals surface area (Å²) in [5.74, 6) is 0.113. The zero-order chi connectivity index (χ0) is 15.5. The highest BCUT2D eigenvalue weighted by Gasteiger charge is 2.23. The largest absolute Gasteiger partial charge is 0.497 e. The number of nitrogens with zero attached hydrogens (tertiary/aromatic N) is 1. The summed E-state index contributed by atoms with van der Waals surface area (Å²) >= 11 is 0. The number of methoxy groups -OCH3 is 1. The summed E-state index contributed by atoms with van der Waals surface area (Å²) in [6.45, 7) is 0. The molecule has 2 aromatic rings. The maximum absolute atomic E-state index is 13.2. The van der Waals surface area contributed by atoms with Crippen molar-refractivity contribution in [2.45, 2.75) is 0 Å². The lowest BCUT2D eigenvalue weighted by Crippen LogP contribution is -2.00. The summed E-state index contributed by atoms with van der Waals surface area (Å²) in [6, 6.07) is 12.9. The van der Waals surface area contributed by atoms with Crippen LogP contribution in [0.15, 0.2) is 59.3 Å². The molecule has 22 heavy (non-hydrogen) atoms. The van der Waals surface area contributed by atoms with Gasteiger partial charge in [0.25, 0.3) is 0 Å². The molecule has 0 radical (unpaired) electrons. The Morgan fingerprint density at radius 3 is 2.64 bits per heavy atom. The van der Waals surface area contributed by atoms with Gasteiger partial charge in [-0.1, -0.05) is 12.1 Å². The number of ether oxygens (including phenoxy) is 2. The van der Waals surface area contributed by atoms with E-state index in [4.69, 9.17) is 9.47 Å². The summed E-state index contributed by atoms with van der Waals surface area (Å²) in [5, 5.41) is 0. The average molecular weight is 297 g/mol. The third kappa shape index (κ3) is 2.88. The first-order valence-corrected chi connectivity index (χ1v) is 6.58. The number of halogens is 1. The molecule has 4 nitrogen and oxygen atoms in total. The zero-order valence-corrected chi connectivity index (χ0v) is 11.7. The van der Waals surface area contributed by atoms with Gasteiger partial charge in [0.15, 0.2) is 5.76 Å². The summed E-state index contributed by atoms with van der Waals surface area (Å²) in [4.78, 5) is 15.7. The average Bonchev–Trinajstić information content (AvgIpc) is 2.88. The molecule has 0 atom stereocenters. The van der Waals surface area contributed by atoms with E-state index in [9.17, 15) is 9.18 Å². The number of amides is 1. The molecule has 0 saturated heterocycles.